The molecule has 0 atom stereocenters. The highest BCUT2D eigenvalue weighted by molar-refractivity contribution is 5.93. The van der Waals surface area contributed by atoms with Crippen LogP contribution in [0.2, 0.25) is 0 Å². The van der Waals surface area contributed by atoms with Crippen molar-refractivity contribution in [2.45, 2.75) is 37.9 Å². The van der Waals surface area contributed by atoms with Crippen LogP contribution in [0.5, 0.6) is 0 Å². The Labute approximate surface area is 190 Å². The van der Waals surface area contributed by atoms with Crippen LogP contribution in [-0.4, -0.2) is 36.1 Å². The van der Waals surface area contributed by atoms with Crippen LogP contribution in [0.4, 0.5) is 0 Å². The fraction of sp³-hybridized carbons (Fsp3) is 0.333. The van der Waals surface area contributed by atoms with E-state index in [1.807, 2.05) is 39.8 Å². The Hall–Kier alpha value is -4.08. The minimum absolute atomic E-state index is 0.0288. The van der Waals surface area contributed by atoms with Gasteiger partial charge in [0.2, 0.25) is 0 Å². The second-order valence-corrected chi connectivity index (χ2v) is 8.79. The minimum Gasteiger partial charge on any atom is -0.309 e. The van der Waals surface area contributed by atoms with Gasteiger partial charge in [-0.25, -0.2) is 4.98 Å². The maximum atomic E-state index is 9.38. The molecule has 4 aromatic heterocycles. The number of pyridine rings is 2. The van der Waals surface area contributed by atoms with Gasteiger partial charge in [-0.15, -0.1) is 0 Å². The van der Waals surface area contributed by atoms with Crippen molar-refractivity contribution in [2.75, 3.05) is 6.54 Å². The van der Waals surface area contributed by atoms with Crippen molar-refractivity contribution in [3.63, 3.8) is 0 Å². The molecule has 9 nitrogen and oxygen atoms in total. The average Bonchev–Trinajstić information content (AvgIpc) is 3.48. The molecule has 33 heavy (non-hydrogen) atoms. The van der Waals surface area contributed by atoms with E-state index >= 15 is 0 Å². The normalized spacial score (nSPS) is 21.7. The number of hydrogen-bond donors (Lipinski definition) is 1. The minimum atomic E-state index is -0.422. The largest absolute Gasteiger partial charge is 0.309 e. The van der Waals surface area contributed by atoms with E-state index in [9.17, 15) is 10.5 Å². The van der Waals surface area contributed by atoms with Crippen LogP contribution >= 0.6 is 0 Å². The molecule has 0 radical (unpaired) electrons. The number of fused-ring (bicyclic) bond motifs is 2. The summed E-state index contributed by atoms with van der Waals surface area (Å²) in [6.07, 6.45) is 5.29. The first-order valence-electron chi connectivity index (χ1n) is 11.1. The number of nitrogens with zero attached hydrogens (tertiary/aromatic N) is 8. The topological polar surface area (TPSA) is 121 Å². The maximum absolute atomic E-state index is 9.38. The summed E-state index contributed by atoms with van der Waals surface area (Å²) >= 11 is 0. The van der Waals surface area contributed by atoms with Gasteiger partial charge in [0, 0.05) is 30.9 Å². The van der Waals surface area contributed by atoms with Gasteiger partial charge in [-0.05, 0) is 43.2 Å². The molecular formula is C24H21N9. The predicted octanol–water partition coefficient (Wildman–Crippen LogP) is 3.00. The van der Waals surface area contributed by atoms with Gasteiger partial charge < -0.3 is 5.32 Å². The van der Waals surface area contributed by atoms with Crippen LogP contribution in [0.3, 0.4) is 0 Å². The van der Waals surface area contributed by atoms with E-state index in [4.69, 9.17) is 15.2 Å². The summed E-state index contributed by atoms with van der Waals surface area (Å²) in [4.78, 5) is 9.54. The first-order chi connectivity index (χ1) is 16.2. The van der Waals surface area contributed by atoms with Crippen molar-refractivity contribution in [3.8, 4) is 34.9 Å². The molecule has 0 spiro atoms. The number of rotatable bonds is 4. The van der Waals surface area contributed by atoms with Crippen LogP contribution < -0.4 is 5.32 Å². The van der Waals surface area contributed by atoms with E-state index in [0.29, 0.717) is 19.3 Å². The first kappa shape index (κ1) is 19.6. The van der Waals surface area contributed by atoms with E-state index in [0.717, 1.165) is 59.0 Å². The van der Waals surface area contributed by atoms with Gasteiger partial charge in [-0.2, -0.15) is 20.7 Å². The summed E-state index contributed by atoms with van der Waals surface area (Å²) in [7, 11) is 0. The molecule has 1 N–H and O–H groups in total. The van der Waals surface area contributed by atoms with Gasteiger partial charge in [0.25, 0.3) is 0 Å². The lowest BCUT2D eigenvalue weighted by atomic mass is 9.67. The Morgan fingerprint density at radius 2 is 2.03 bits per heavy atom. The fourth-order valence-corrected chi connectivity index (χ4v) is 4.94. The molecule has 5 heterocycles. The molecule has 0 unspecified atom stereocenters. The lowest BCUT2D eigenvalue weighted by Gasteiger charge is -2.43. The summed E-state index contributed by atoms with van der Waals surface area (Å²) in [6.45, 7) is 2.53. The quantitative estimate of drug-likeness (QED) is 0.523. The second-order valence-electron chi connectivity index (χ2n) is 8.79. The smallest absolute Gasteiger partial charge is 0.111 e. The van der Waals surface area contributed by atoms with E-state index in [1.54, 1.807) is 6.20 Å². The third kappa shape index (κ3) is 3.17. The van der Waals surface area contributed by atoms with E-state index in [2.05, 4.69) is 28.5 Å². The van der Waals surface area contributed by atoms with E-state index < -0.39 is 5.54 Å². The Bertz CT molecular complexity index is 1420. The highest BCUT2D eigenvalue weighted by atomic mass is 15.3. The molecule has 4 aromatic rings. The van der Waals surface area contributed by atoms with Crippen LogP contribution in [0, 0.1) is 28.6 Å². The van der Waals surface area contributed by atoms with Gasteiger partial charge in [-0.3, -0.25) is 14.3 Å². The predicted molar refractivity (Wildman–Crippen MR) is 120 cm³/mol. The standard InChI is InChI=1S/C24H21N9/c25-5-4-24(12-16(13-24)14-26)33-8-3-19(31-33)23-18-2-1-6-28-20(18)11-21(29-23)22-10-17-15-27-7-9-32(17)30-22/h1-3,6,8,10-11,16,27H,4,7,9,12-13,15H2/t16-,24+. The molecule has 0 saturated heterocycles. The number of nitrogens with one attached hydrogen (secondary N) is 1. The SMILES string of the molecule is N#CC[C@]1(n2ccc(-c3nc(-c4cc5n(n4)CCNC5)cc4ncccc34)n2)C[C@@H](C#N)C1. The van der Waals surface area contributed by atoms with Crippen LogP contribution in [0.15, 0.2) is 42.7 Å². The van der Waals surface area contributed by atoms with Crippen molar-refractivity contribution >= 4 is 10.9 Å². The Morgan fingerprint density at radius 1 is 1.12 bits per heavy atom. The molecular weight excluding hydrogens is 414 g/mol. The monoisotopic (exact) mass is 435 g/mol. The zero-order valence-corrected chi connectivity index (χ0v) is 17.9. The van der Waals surface area contributed by atoms with Crippen LogP contribution in [0.1, 0.15) is 25.0 Å². The third-order valence-corrected chi connectivity index (χ3v) is 6.69. The van der Waals surface area contributed by atoms with E-state index in [1.165, 1.54) is 0 Å². The maximum Gasteiger partial charge on any atom is 0.111 e. The number of nitriles is 2. The van der Waals surface area contributed by atoms with Gasteiger partial charge in [0.15, 0.2) is 0 Å². The van der Waals surface area contributed by atoms with Gasteiger partial charge >= 0.3 is 0 Å². The molecule has 0 bridgehead atoms. The Morgan fingerprint density at radius 3 is 2.85 bits per heavy atom. The molecule has 1 aliphatic heterocycles. The molecule has 0 aromatic carbocycles. The Kier molecular flexibility index (Phi) is 4.46. The van der Waals surface area contributed by atoms with E-state index in [-0.39, 0.29) is 5.92 Å². The molecule has 162 valence electrons. The molecule has 6 rings (SSSR count). The highest BCUT2D eigenvalue weighted by Gasteiger charge is 2.46. The first-order valence-corrected chi connectivity index (χ1v) is 11.1. The summed E-state index contributed by atoms with van der Waals surface area (Å²) in [5.74, 6) is -0.0288. The van der Waals surface area contributed by atoms with Gasteiger partial charge in [0.1, 0.15) is 17.1 Å². The average molecular weight is 435 g/mol. The number of aromatic nitrogens is 6. The Balaban J connectivity index is 1.45. The van der Waals surface area contributed by atoms with Crippen LogP contribution in [-0.2, 0) is 18.6 Å². The summed E-state index contributed by atoms with van der Waals surface area (Å²) in [5.41, 5.74) is 4.58. The third-order valence-electron chi connectivity index (χ3n) is 6.69. The van der Waals surface area contributed by atoms with Crippen LogP contribution in [0.25, 0.3) is 33.7 Å². The molecule has 9 heteroatoms. The zero-order valence-electron chi connectivity index (χ0n) is 17.9. The lowest BCUT2D eigenvalue weighted by molar-refractivity contribution is 0.0884. The molecule has 1 saturated carbocycles. The highest BCUT2D eigenvalue weighted by Crippen LogP contribution is 2.46. The summed E-state index contributed by atoms with van der Waals surface area (Å²) in [5, 5.41) is 32.5. The van der Waals surface area contributed by atoms with Crippen molar-refractivity contribution < 1.29 is 0 Å². The molecule has 2 aliphatic rings. The molecule has 0 amide bonds. The van der Waals surface area contributed by atoms with Gasteiger partial charge in [0.05, 0.1) is 53.5 Å². The summed E-state index contributed by atoms with van der Waals surface area (Å²) in [6, 6.07) is 14.4. The summed E-state index contributed by atoms with van der Waals surface area (Å²) < 4.78 is 3.88. The second kappa shape index (κ2) is 7.51. The molecule has 1 aliphatic carbocycles. The molecule has 1 fully saturated rings. The van der Waals surface area contributed by atoms with Crippen molar-refractivity contribution in [3.05, 3.63) is 48.4 Å². The lowest BCUT2D eigenvalue weighted by Crippen LogP contribution is -2.46. The number of hydrogen-bond acceptors (Lipinski definition) is 7. The fourth-order valence-electron chi connectivity index (χ4n) is 4.94. The van der Waals surface area contributed by atoms with Crippen molar-refractivity contribution in [1.82, 2.24) is 34.8 Å². The van der Waals surface area contributed by atoms with Crippen molar-refractivity contribution in [1.29, 1.82) is 10.5 Å². The van der Waals surface area contributed by atoms with Gasteiger partial charge in [-0.1, -0.05) is 0 Å². The zero-order chi connectivity index (χ0) is 22.4. The van der Waals surface area contributed by atoms with Crippen molar-refractivity contribution in [2.24, 2.45) is 5.92 Å².